The van der Waals surface area contributed by atoms with Gasteiger partial charge in [0.15, 0.2) is 5.13 Å². The Kier molecular flexibility index (Phi) is 3.94. The summed E-state index contributed by atoms with van der Waals surface area (Å²) >= 11 is 13.3. The molecule has 2 heterocycles. The molecule has 3 rings (SSSR count). The molecule has 1 aromatic carbocycles. The number of hydrogen-bond donors (Lipinski definition) is 1. The van der Waals surface area contributed by atoms with Gasteiger partial charge in [0.05, 0.1) is 34.4 Å². The van der Waals surface area contributed by atoms with E-state index in [0.29, 0.717) is 34.0 Å². The molecule has 104 valence electrons. The molecule has 4 nitrogen and oxygen atoms in total. The van der Waals surface area contributed by atoms with Crippen LogP contribution >= 0.6 is 34.5 Å². The van der Waals surface area contributed by atoms with Gasteiger partial charge in [0, 0.05) is 11.4 Å². The third-order valence-electron chi connectivity index (χ3n) is 2.89. The van der Waals surface area contributed by atoms with E-state index in [1.165, 1.54) is 17.4 Å². The molecule has 20 heavy (non-hydrogen) atoms. The summed E-state index contributed by atoms with van der Waals surface area (Å²) in [5.74, 6) is -0.315. The molecule has 0 unspecified atom stereocenters. The lowest BCUT2D eigenvalue weighted by Crippen LogP contribution is -2.12. The second-order valence-electron chi connectivity index (χ2n) is 4.27. The molecule has 0 aliphatic carbocycles. The van der Waals surface area contributed by atoms with Crippen LogP contribution in [0.4, 0.5) is 5.13 Å². The lowest BCUT2D eigenvalue weighted by Gasteiger charge is -2.08. The summed E-state index contributed by atoms with van der Waals surface area (Å²) in [6.45, 7) is 1.23. The lowest BCUT2D eigenvalue weighted by molar-refractivity contribution is 0.102. The maximum absolute atomic E-state index is 12.2. The predicted molar refractivity (Wildman–Crippen MR) is 79.9 cm³/mol. The summed E-state index contributed by atoms with van der Waals surface area (Å²) in [5, 5.41) is 4.13. The van der Waals surface area contributed by atoms with Gasteiger partial charge in [-0.25, -0.2) is 4.98 Å². The minimum Gasteiger partial charge on any atom is -0.375 e. The number of ether oxygens (including phenoxy) is 1. The molecule has 1 aliphatic heterocycles. The number of rotatable bonds is 2. The van der Waals surface area contributed by atoms with Crippen LogP contribution in [0.25, 0.3) is 0 Å². The van der Waals surface area contributed by atoms with Crippen molar-refractivity contribution in [2.24, 2.45) is 0 Å². The highest BCUT2D eigenvalue weighted by atomic mass is 35.5. The van der Waals surface area contributed by atoms with Gasteiger partial charge >= 0.3 is 0 Å². The first-order chi connectivity index (χ1) is 9.63. The summed E-state index contributed by atoms with van der Waals surface area (Å²) < 4.78 is 5.35. The van der Waals surface area contributed by atoms with Gasteiger partial charge in [-0.15, -0.1) is 0 Å². The number of thiazole rings is 1. The number of amides is 1. The SMILES string of the molecule is O=C(Nc1nc2c(s1)COCC2)c1cc(Cl)ccc1Cl. The van der Waals surface area contributed by atoms with Gasteiger partial charge in [-0.1, -0.05) is 34.5 Å². The number of nitrogens with zero attached hydrogens (tertiary/aromatic N) is 1. The third-order valence-corrected chi connectivity index (χ3v) is 4.44. The van der Waals surface area contributed by atoms with Crippen molar-refractivity contribution in [1.82, 2.24) is 4.98 Å². The second kappa shape index (κ2) is 5.69. The van der Waals surface area contributed by atoms with Crippen LogP contribution in [0.3, 0.4) is 0 Å². The number of carbonyl (C=O) groups excluding carboxylic acids is 1. The van der Waals surface area contributed by atoms with E-state index < -0.39 is 0 Å². The average Bonchev–Trinajstić information content (AvgIpc) is 2.83. The van der Waals surface area contributed by atoms with Crippen LogP contribution in [0.1, 0.15) is 20.9 Å². The van der Waals surface area contributed by atoms with E-state index in [9.17, 15) is 4.79 Å². The van der Waals surface area contributed by atoms with Gasteiger partial charge in [-0.05, 0) is 18.2 Å². The second-order valence-corrected chi connectivity index (χ2v) is 6.20. The maximum Gasteiger partial charge on any atom is 0.259 e. The first kappa shape index (κ1) is 13.8. The number of benzene rings is 1. The summed E-state index contributed by atoms with van der Waals surface area (Å²) in [7, 11) is 0. The van der Waals surface area contributed by atoms with Crippen LogP contribution in [-0.4, -0.2) is 17.5 Å². The molecular formula is C13H10Cl2N2O2S. The van der Waals surface area contributed by atoms with Crippen LogP contribution < -0.4 is 5.32 Å². The zero-order chi connectivity index (χ0) is 14.1. The molecule has 1 aromatic heterocycles. The molecule has 0 atom stereocenters. The highest BCUT2D eigenvalue weighted by molar-refractivity contribution is 7.15. The van der Waals surface area contributed by atoms with Crippen molar-refractivity contribution in [1.29, 1.82) is 0 Å². The van der Waals surface area contributed by atoms with Crippen molar-refractivity contribution in [2.75, 3.05) is 11.9 Å². The van der Waals surface area contributed by atoms with E-state index >= 15 is 0 Å². The van der Waals surface area contributed by atoms with E-state index in [1.807, 2.05) is 0 Å². The first-order valence-electron chi connectivity index (χ1n) is 5.96. The van der Waals surface area contributed by atoms with Gasteiger partial charge < -0.3 is 4.74 Å². The molecule has 1 aliphatic rings. The Hall–Kier alpha value is -1.14. The Morgan fingerprint density at radius 1 is 1.40 bits per heavy atom. The molecule has 0 spiro atoms. The number of carbonyl (C=O) groups is 1. The quantitative estimate of drug-likeness (QED) is 0.912. The Labute approximate surface area is 129 Å². The fourth-order valence-corrected chi connectivity index (χ4v) is 3.23. The number of anilines is 1. The van der Waals surface area contributed by atoms with Crippen molar-refractivity contribution in [3.8, 4) is 0 Å². The monoisotopic (exact) mass is 328 g/mol. The van der Waals surface area contributed by atoms with Gasteiger partial charge in [-0.2, -0.15) is 0 Å². The van der Waals surface area contributed by atoms with Crippen molar-refractivity contribution >= 4 is 45.6 Å². The van der Waals surface area contributed by atoms with Crippen LogP contribution in [-0.2, 0) is 17.8 Å². The number of nitrogens with one attached hydrogen (secondary N) is 1. The molecule has 0 saturated heterocycles. The van der Waals surface area contributed by atoms with Crippen molar-refractivity contribution in [2.45, 2.75) is 13.0 Å². The van der Waals surface area contributed by atoms with Crippen LogP contribution in [0, 0.1) is 0 Å². The standard InChI is InChI=1S/C13H10Cl2N2O2S/c14-7-1-2-9(15)8(5-7)12(18)17-13-16-10-3-4-19-6-11(10)20-13/h1-2,5H,3-4,6H2,(H,16,17,18). The molecule has 0 radical (unpaired) electrons. The highest BCUT2D eigenvalue weighted by Crippen LogP contribution is 2.28. The first-order valence-corrected chi connectivity index (χ1v) is 7.53. The molecule has 0 saturated carbocycles. The van der Waals surface area contributed by atoms with Crippen LogP contribution in [0.5, 0.6) is 0 Å². The van der Waals surface area contributed by atoms with Crippen molar-refractivity contribution in [3.63, 3.8) is 0 Å². The van der Waals surface area contributed by atoms with Gasteiger partial charge in [0.1, 0.15) is 0 Å². The Balaban J connectivity index is 1.82. The minimum absolute atomic E-state index is 0.315. The van der Waals surface area contributed by atoms with E-state index in [0.717, 1.165) is 17.0 Å². The molecular weight excluding hydrogens is 319 g/mol. The van der Waals surface area contributed by atoms with Crippen LogP contribution in [0.2, 0.25) is 10.0 Å². The van der Waals surface area contributed by atoms with Gasteiger partial charge in [0.2, 0.25) is 0 Å². The van der Waals surface area contributed by atoms with E-state index in [2.05, 4.69) is 10.3 Å². The van der Waals surface area contributed by atoms with Crippen LogP contribution in [0.15, 0.2) is 18.2 Å². The summed E-state index contributed by atoms with van der Waals surface area (Å²) in [6, 6.07) is 4.77. The molecule has 1 amide bonds. The third kappa shape index (κ3) is 2.81. The predicted octanol–water partition coefficient (Wildman–Crippen LogP) is 3.77. The Morgan fingerprint density at radius 2 is 2.25 bits per heavy atom. The minimum atomic E-state index is -0.315. The zero-order valence-electron chi connectivity index (χ0n) is 10.3. The summed E-state index contributed by atoms with van der Waals surface area (Å²) in [6.07, 6.45) is 0.777. The maximum atomic E-state index is 12.2. The van der Waals surface area contributed by atoms with Gasteiger partial charge in [0.25, 0.3) is 5.91 Å². The lowest BCUT2D eigenvalue weighted by atomic mass is 10.2. The average molecular weight is 329 g/mol. The Bertz CT molecular complexity index is 649. The number of halogens is 2. The van der Waals surface area contributed by atoms with E-state index in [4.69, 9.17) is 27.9 Å². The number of fused-ring (bicyclic) bond motifs is 1. The fraction of sp³-hybridized carbons (Fsp3) is 0.231. The molecule has 0 bridgehead atoms. The number of aromatic nitrogens is 1. The van der Waals surface area contributed by atoms with Crippen molar-refractivity contribution in [3.05, 3.63) is 44.4 Å². The summed E-state index contributed by atoms with van der Waals surface area (Å²) in [4.78, 5) is 17.6. The zero-order valence-corrected chi connectivity index (χ0v) is 12.6. The number of hydrogen-bond acceptors (Lipinski definition) is 4. The Morgan fingerprint density at radius 3 is 3.05 bits per heavy atom. The topological polar surface area (TPSA) is 51.2 Å². The molecule has 7 heteroatoms. The molecule has 0 fully saturated rings. The fourth-order valence-electron chi connectivity index (χ4n) is 1.91. The van der Waals surface area contributed by atoms with E-state index in [1.54, 1.807) is 12.1 Å². The van der Waals surface area contributed by atoms with Crippen molar-refractivity contribution < 1.29 is 9.53 Å². The highest BCUT2D eigenvalue weighted by Gasteiger charge is 2.18. The largest absolute Gasteiger partial charge is 0.375 e. The molecule has 1 N–H and O–H groups in total. The smallest absolute Gasteiger partial charge is 0.259 e. The van der Waals surface area contributed by atoms with Gasteiger partial charge in [-0.3, -0.25) is 10.1 Å². The summed E-state index contributed by atoms with van der Waals surface area (Å²) in [5.41, 5.74) is 1.33. The normalized spacial score (nSPS) is 13.9. The molecule has 2 aromatic rings. The van der Waals surface area contributed by atoms with E-state index in [-0.39, 0.29) is 5.91 Å².